The molecule has 94 valence electrons. The number of hydrogen-bond donors (Lipinski definition) is 1. The van der Waals surface area contributed by atoms with E-state index in [1.807, 2.05) is 13.8 Å². The van der Waals surface area contributed by atoms with Crippen molar-refractivity contribution < 1.29 is 14.3 Å². The molecular weight excluding hydrogens is 237 g/mol. The van der Waals surface area contributed by atoms with Gasteiger partial charge in [-0.25, -0.2) is 18.9 Å². The summed E-state index contributed by atoms with van der Waals surface area (Å²) in [5, 5.41) is 12.9. The van der Waals surface area contributed by atoms with Gasteiger partial charge >= 0.3 is 5.97 Å². The Morgan fingerprint density at radius 1 is 1.44 bits per heavy atom. The Hall–Kier alpha value is -2.24. The zero-order valence-electron chi connectivity index (χ0n) is 9.96. The molecule has 2 rings (SSSR count). The van der Waals surface area contributed by atoms with Crippen LogP contribution >= 0.6 is 0 Å². The van der Waals surface area contributed by atoms with Crippen LogP contribution in [0.2, 0.25) is 0 Å². The molecule has 2 aromatic heterocycles. The molecule has 0 bridgehead atoms. The van der Waals surface area contributed by atoms with Crippen molar-refractivity contribution in [2.24, 2.45) is 0 Å². The summed E-state index contributed by atoms with van der Waals surface area (Å²) < 4.78 is 14.2. The molecule has 0 amide bonds. The Morgan fingerprint density at radius 2 is 2.17 bits per heavy atom. The molecule has 18 heavy (non-hydrogen) atoms. The van der Waals surface area contributed by atoms with Crippen LogP contribution in [0.15, 0.2) is 24.4 Å². The summed E-state index contributed by atoms with van der Waals surface area (Å²) in [6.45, 7) is 3.84. The van der Waals surface area contributed by atoms with Crippen molar-refractivity contribution in [3.63, 3.8) is 0 Å². The molecule has 0 unspecified atom stereocenters. The van der Waals surface area contributed by atoms with Crippen molar-refractivity contribution in [1.82, 2.24) is 14.8 Å². The van der Waals surface area contributed by atoms with Gasteiger partial charge in [0.05, 0.1) is 6.20 Å². The van der Waals surface area contributed by atoms with Crippen molar-refractivity contribution in [2.45, 2.75) is 19.8 Å². The highest BCUT2D eigenvalue weighted by Crippen LogP contribution is 2.19. The lowest BCUT2D eigenvalue weighted by atomic mass is 10.1. The maximum atomic E-state index is 12.8. The van der Waals surface area contributed by atoms with Crippen LogP contribution in [0.5, 0.6) is 0 Å². The van der Waals surface area contributed by atoms with Crippen LogP contribution in [0.25, 0.3) is 5.82 Å². The highest BCUT2D eigenvalue weighted by molar-refractivity contribution is 5.85. The van der Waals surface area contributed by atoms with Crippen LogP contribution in [-0.4, -0.2) is 25.8 Å². The second-order valence-corrected chi connectivity index (χ2v) is 4.16. The minimum absolute atomic E-state index is 0.0511. The first-order valence-electron chi connectivity index (χ1n) is 5.44. The van der Waals surface area contributed by atoms with E-state index < -0.39 is 11.8 Å². The van der Waals surface area contributed by atoms with Gasteiger partial charge in [-0.1, -0.05) is 13.8 Å². The summed E-state index contributed by atoms with van der Waals surface area (Å²) in [6, 6.07) is 4.21. The van der Waals surface area contributed by atoms with Gasteiger partial charge in [-0.3, -0.25) is 0 Å². The summed E-state index contributed by atoms with van der Waals surface area (Å²) in [4.78, 5) is 14.8. The fourth-order valence-electron chi connectivity index (χ4n) is 1.59. The number of nitrogens with zero attached hydrogens (tertiary/aromatic N) is 3. The smallest absolute Gasteiger partial charge is 0.356 e. The number of pyridine rings is 1. The van der Waals surface area contributed by atoms with Gasteiger partial charge in [0.2, 0.25) is 0 Å². The minimum Gasteiger partial charge on any atom is -0.476 e. The Bertz CT molecular complexity index is 576. The van der Waals surface area contributed by atoms with Gasteiger partial charge in [-0.05, 0) is 24.1 Å². The molecule has 0 saturated carbocycles. The summed E-state index contributed by atoms with van der Waals surface area (Å²) in [6.07, 6.45) is 1.07. The third kappa shape index (κ3) is 2.22. The molecule has 0 aromatic carbocycles. The summed E-state index contributed by atoms with van der Waals surface area (Å²) in [5.41, 5.74) is 0.663. The topological polar surface area (TPSA) is 68.0 Å². The van der Waals surface area contributed by atoms with E-state index >= 15 is 0 Å². The average molecular weight is 249 g/mol. The molecule has 0 saturated heterocycles. The van der Waals surface area contributed by atoms with Crippen LogP contribution in [0, 0.1) is 5.82 Å². The van der Waals surface area contributed by atoms with E-state index in [0.29, 0.717) is 11.5 Å². The predicted molar refractivity (Wildman–Crippen MR) is 62.4 cm³/mol. The molecule has 0 fully saturated rings. The molecule has 5 nitrogen and oxygen atoms in total. The Kier molecular flexibility index (Phi) is 3.10. The molecule has 0 radical (unpaired) electrons. The maximum Gasteiger partial charge on any atom is 0.356 e. The largest absolute Gasteiger partial charge is 0.476 e. The highest BCUT2D eigenvalue weighted by Gasteiger charge is 2.17. The first-order chi connectivity index (χ1) is 8.49. The normalized spacial score (nSPS) is 10.9. The molecule has 2 heterocycles. The molecule has 0 aliphatic carbocycles. The number of carboxylic acid groups (broad SMARTS) is 1. The molecule has 1 N–H and O–H groups in total. The Morgan fingerprint density at radius 3 is 2.67 bits per heavy atom. The number of hydrogen-bond acceptors (Lipinski definition) is 3. The summed E-state index contributed by atoms with van der Waals surface area (Å²) in [7, 11) is 0. The Balaban J connectivity index is 2.54. The molecule has 2 aromatic rings. The first-order valence-corrected chi connectivity index (χ1v) is 5.44. The predicted octanol–water partition coefficient (Wildman–Crippen LogP) is 2.23. The molecule has 0 spiro atoms. The molecule has 0 aliphatic heterocycles. The standard InChI is InChI=1S/C12H12FN3O2/c1-7(2)10-5-9(12(17)18)15-16(10)11-4-3-8(13)6-14-11/h3-7H,1-2H3,(H,17,18). The van der Waals surface area contributed by atoms with E-state index in [0.717, 1.165) is 6.20 Å². The van der Waals surface area contributed by atoms with E-state index in [1.54, 1.807) is 0 Å². The van der Waals surface area contributed by atoms with Crippen LogP contribution in [0.4, 0.5) is 4.39 Å². The zero-order valence-corrected chi connectivity index (χ0v) is 9.96. The number of carbonyl (C=O) groups is 1. The van der Waals surface area contributed by atoms with Crippen molar-refractivity contribution in [3.05, 3.63) is 41.6 Å². The van der Waals surface area contributed by atoms with E-state index in [2.05, 4.69) is 10.1 Å². The highest BCUT2D eigenvalue weighted by atomic mass is 19.1. The van der Waals surface area contributed by atoms with Gasteiger partial charge in [0.1, 0.15) is 5.82 Å². The Labute approximate surface area is 103 Å². The SMILES string of the molecule is CC(C)c1cc(C(=O)O)nn1-c1ccc(F)cn1. The first kappa shape index (κ1) is 12.2. The van der Waals surface area contributed by atoms with Crippen molar-refractivity contribution in [1.29, 1.82) is 0 Å². The van der Waals surface area contributed by atoms with Gasteiger partial charge in [0.15, 0.2) is 11.5 Å². The number of halogens is 1. The molecular formula is C12H12FN3O2. The monoisotopic (exact) mass is 249 g/mol. The molecule has 0 atom stereocenters. The molecule has 0 aliphatic rings. The lowest BCUT2D eigenvalue weighted by Gasteiger charge is -2.08. The van der Waals surface area contributed by atoms with Crippen LogP contribution in [-0.2, 0) is 0 Å². The third-order valence-electron chi connectivity index (χ3n) is 2.48. The van der Waals surface area contributed by atoms with Crippen molar-refractivity contribution >= 4 is 5.97 Å². The molecule has 6 heteroatoms. The van der Waals surface area contributed by atoms with Gasteiger partial charge in [0.25, 0.3) is 0 Å². The average Bonchev–Trinajstić information content (AvgIpc) is 2.75. The van der Waals surface area contributed by atoms with Gasteiger partial charge < -0.3 is 5.11 Å². The lowest BCUT2D eigenvalue weighted by molar-refractivity contribution is 0.0690. The second-order valence-electron chi connectivity index (χ2n) is 4.16. The fraction of sp³-hybridized carbons (Fsp3) is 0.250. The van der Waals surface area contributed by atoms with Crippen molar-refractivity contribution in [2.75, 3.05) is 0 Å². The quantitative estimate of drug-likeness (QED) is 0.905. The fourth-order valence-corrected chi connectivity index (χ4v) is 1.59. The lowest BCUT2D eigenvalue weighted by Crippen LogP contribution is -2.06. The van der Waals surface area contributed by atoms with Gasteiger partial charge in [0, 0.05) is 5.69 Å². The number of carboxylic acids is 1. The van der Waals surface area contributed by atoms with Crippen LogP contribution < -0.4 is 0 Å². The van der Waals surface area contributed by atoms with Crippen LogP contribution in [0.1, 0.15) is 35.9 Å². The summed E-state index contributed by atoms with van der Waals surface area (Å²) in [5.74, 6) is -1.07. The van der Waals surface area contributed by atoms with Gasteiger partial charge in [-0.15, -0.1) is 0 Å². The second kappa shape index (κ2) is 4.56. The van der Waals surface area contributed by atoms with Gasteiger partial charge in [-0.2, -0.15) is 5.10 Å². The number of aromatic carboxylic acids is 1. The van der Waals surface area contributed by atoms with E-state index in [1.165, 1.54) is 22.9 Å². The van der Waals surface area contributed by atoms with E-state index in [-0.39, 0.29) is 11.6 Å². The number of rotatable bonds is 3. The van der Waals surface area contributed by atoms with Crippen LogP contribution in [0.3, 0.4) is 0 Å². The van der Waals surface area contributed by atoms with E-state index in [4.69, 9.17) is 5.11 Å². The van der Waals surface area contributed by atoms with E-state index in [9.17, 15) is 9.18 Å². The maximum absolute atomic E-state index is 12.8. The number of aromatic nitrogens is 3. The minimum atomic E-state index is -1.10. The summed E-state index contributed by atoms with van der Waals surface area (Å²) >= 11 is 0. The zero-order chi connectivity index (χ0) is 13.3. The third-order valence-corrected chi connectivity index (χ3v) is 2.48. The van der Waals surface area contributed by atoms with Crippen molar-refractivity contribution in [3.8, 4) is 5.82 Å².